The summed E-state index contributed by atoms with van der Waals surface area (Å²) < 4.78 is 0. The van der Waals surface area contributed by atoms with E-state index in [1.807, 2.05) is 0 Å². The van der Waals surface area contributed by atoms with E-state index in [-0.39, 0.29) is 11.9 Å². The maximum atomic E-state index is 11.9. The number of imide groups is 1. The zero-order valence-corrected chi connectivity index (χ0v) is 10.9. The molecule has 1 aliphatic rings. The van der Waals surface area contributed by atoms with Crippen LogP contribution in [0.3, 0.4) is 0 Å². The fourth-order valence-corrected chi connectivity index (χ4v) is 1.89. The minimum absolute atomic E-state index is 0.165. The summed E-state index contributed by atoms with van der Waals surface area (Å²) >= 11 is 0. The van der Waals surface area contributed by atoms with Gasteiger partial charge in [0.25, 0.3) is 5.91 Å². The van der Waals surface area contributed by atoms with Crippen LogP contribution in [0.15, 0.2) is 4.99 Å². The largest absolute Gasteiger partial charge is 0.350 e. The van der Waals surface area contributed by atoms with E-state index in [1.165, 1.54) is 4.90 Å². The van der Waals surface area contributed by atoms with Crippen molar-refractivity contribution in [2.45, 2.75) is 58.8 Å². The SMILES string of the molecule is CCCCCC1=NC(=O)N(CCCCC)C1=O. The molecule has 1 heterocycles. The van der Waals surface area contributed by atoms with E-state index in [1.54, 1.807) is 0 Å². The van der Waals surface area contributed by atoms with Gasteiger partial charge in [0.1, 0.15) is 5.71 Å². The second kappa shape index (κ2) is 7.20. The second-order valence-electron chi connectivity index (χ2n) is 4.46. The molecule has 0 aromatic heterocycles. The normalized spacial score (nSPS) is 15.6. The van der Waals surface area contributed by atoms with Gasteiger partial charge in [-0.05, 0) is 19.3 Å². The van der Waals surface area contributed by atoms with Crippen LogP contribution in [0, 0.1) is 0 Å². The minimum atomic E-state index is -0.363. The Morgan fingerprint density at radius 1 is 1.00 bits per heavy atom. The maximum Gasteiger partial charge on any atom is 0.350 e. The third kappa shape index (κ3) is 3.95. The van der Waals surface area contributed by atoms with Crippen LogP contribution in [-0.4, -0.2) is 29.1 Å². The highest BCUT2D eigenvalue weighted by atomic mass is 16.2. The van der Waals surface area contributed by atoms with Crippen molar-refractivity contribution in [1.82, 2.24) is 4.90 Å². The predicted molar refractivity (Wildman–Crippen MR) is 68.2 cm³/mol. The van der Waals surface area contributed by atoms with Crippen molar-refractivity contribution in [2.24, 2.45) is 4.99 Å². The van der Waals surface area contributed by atoms with Gasteiger partial charge in [0, 0.05) is 6.54 Å². The number of unbranched alkanes of at least 4 members (excludes halogenated alkanes) is 4. The summed E-state index contributed by atoms with van der Waals surface area (Å²) in [4.78, 5) is 28.6. The molecule has 1 rings (SSSR count). The average Bonchev–Trinajstić information content (AvgIpc) is 2.57. The molecule has 4 heteroatoms. The number of aliphatic imine (C=N–C) groups is 1. The van der Waals surface area contributed by atoms with Crippen molar-refractivity contribution in [1.29, 1.82) is 0 Å². The highest BCUT2D eigenvalue weighted by molar-refractivity contribution is 6.46. The van der Waals surface area contributed by atoms with E-state index in [0.29, 0.717) is 18.7 Å². The highest BCUT2D eigenvalue weighted by Gasteiger charge is 2.31. The Hall–Kier alpha value is -1.19. The Labute approximate surface area is 103 Å². The Morgan fingerprint density at radius 3 is 2.29 bits per heavy atom. The van der Waals surface area contributed by atoms with Gasteiger partial charge in [-0.3, -0.25) is 9.69 Å². The number of hydrogen-bond donors (Lipinski definition) is 0. The van der Waals surface area contributed by atoms with Gasteiger partial charge in [-0.25, -0.2) is 4.79 Å². The first-order chi connectivity index (χ1) is 8.20. The summed E-state index contributed by atoms with van der Waals surface area (Å²) in [7, 11) is 0. The van der Waals surface area contributed by atoms with E-state index in [0.717, 1.165) is 38.5 Å². The van der Waals surface area contributed by atoms with Crippen molar-refractivity contribution < 1.29 is 9.59 Å². The van der Waals surface area contributed by atoms with Gasteiger partial charge < -0.3 is 0 Å². The van der Waals surface area contributed by atoms with Crippen LogP contribution in [0.2, 0.25) is 0 Å². The first kappa shape index (κ1) is 13.9. The molecule has 0 aromatic rings. The third-order valence-corrected chi connectivity index (χ3v) is 2.96. The van der Waals surface area contributed by atoms with Crippen molar-refractivity contribution in [3.63, 3.8) is 0 Å². The summed E-state index contributed by atoms with van der Waals surface area (Å²) in [5, 5.41) is 0. The lowest BCUT2D eigenvalue weighted by molar-refractivity contribution is -0.120. The summed E-state index contributed by atoms with van der Waals surface area (Å²) in [5.41, 5.74) is 0.458. The van der Waals surface area contributed by atoms with Gasteiger partial charge >= 0.3 is 6.03 Å². The molecule has 0 atom stereocenters. The van der Waals surface area contributed by atoms with Crippen LogP contribution in [0.1, 0.15) is 58.8 Å². The quantitative estimate of drug-likeness (QED) is 0.610. The molecule has 0 unspecified atom stereocenters. The molecule has 1 aliphatic heterocycles. The molecule has 0 saturated carbocycles. The molecule has 0 N–H and O–H groups in total. The third-order valence-electron chi connectivity index (χ3n) is 2.96. The van der Waals surface area contributed by atoms with Crippen molar-refractivity contribution in [3.8, 4) is 0 Å². The van der Waals surface area contributed by atoms with Crippen LogP contribution in [-0.2, 0) is 4.79 Å². The molecular formula is C13H22N2O2. The van der Waals surface area contributed by atoms with Crippen LogP contribution in [0.4, 0.5) is 4.79 Å². The van der Waals surface area contributed by atoms with E-state index < -0.39 is 0 Å². The van der Waals surface area contributed by atoms with Gasteiger partial charge in [0.05, 0.1) is 0 Å². The number of carbonyl (C=O) groups excluding carboxylic acids is 2. The topological polar surface area (TPSA) is 49.7 Å². The predicted octanol–water partition coefficient (Wildman–Crippen LogP) is 3.16. The first-order valence-corrected chi connectivity index (χ1v) is 6.64. The Kier molecular flexibility index (Phi) is 5.87. The van der Waals surface area contributed by atoms with Gasteiger partial charge in [0.2, 0.25) is 0 Å². The molecule has 3 amide bonds. The molecule has 0 radical (unpaired) electrons. The highest BCUT2D eigenvalue weighted by Crippen LogP contribution is 2.13. The van der Waals surface area contributed by atoms with Crippen LogP contribution >= 0.6 is 0 Å². The minimum Gasteiger partial charge on any atom is -0.267 e. The van der Waals surface area contributed by atoms with Crippen LogP contribution < -0.4 is 0 Å². The van der Waals surface area contributed by atoms with E-state index in [4.69, 9.17) is 0 Å². The lowest BCUT2D eigenvalue weighted by atomic mass is 10.1. The number of carbonyl (C=O) groups is 2. The summed E-state index contributed by atoms with van der Waals surface area (Å²) in [6.07, 6.45) is 6.78. The van der Waals surface area contributed by atoms with Crippen LogP contribution in [0.5, 0.6) is 0 Å². The molecular weight excluding hydrogens is 216 g/mol. The molecule has 0 aliphatic carbocycles. The van der Waals surface area contributed by atoms with E-state index >= 15 is 0 Å². The van der Waals surface area contributed by atoms with Gasteiger partial charge in [-0.1, -0.05) is 39.5 Å². The molecule has 0 bridgehead atoms. The fourth-order valence-electron chi connectivity index (χ4n) is 1.89. The number of nitrogens with zero attached hydrogens (tertiary/aromatic N) is 2. The Morgan fingerprint density at radius 2 is 1.65 bits per heavy atom. The van der Waals surface area contributed by atoms with Crippen molar-refractivity contribution in [2.75, 3.05) is 6.54 Å². The molecule has 96 valence electrons. The molecule has 4 nitrogen and oxygen atoms in total. The van der Waals surface area contributed by atoms with Gasteiger partial charge in [0.15, 0.2) is 0 Å². The zero-order chi connectivity index (χ0) is 12.7. The molecule has 0 fully saturated rings. The number of amides is 3. The standard InChI is InChI=1S/C13H22N2O2/c1-3-5-7-9-11-12(16)15(13(17)14-11)10-8-6-4-2/h3-10H2,1-2H3. The number of rotatable bonds is 8. The van der Waals surface area contributed by atoms with Gasteiger partial charge in [-0.15, -0.1) is 0 Å². The summed E-state index contributed by atoms with van der Waals surface area (Å²) in [6, 6.07) is -0.363. The molecule has 0 aromatic carbocycles. The smallest absolute Gasteiger partial charge is 0.267 e. The molecule has 17 heavy (non-hydrogen) atoms. The maximum absolute atomic E-state index is 11.9. The van der Waals surface area contributed by atoms with Gasteiger partial charge in [-0.2, -0.15) is 4.99 Å². The number of hydrogen-bond acceptors (Lipinski definition) is 2. The average molecular weight is 238 g/mol. The van der Waals surface area contributed by atoms with E-state index in [2.05, 4.69) is 18.8 Å². The zero-order valence-electron chi connectivity index (χ0n) is 10.9. The summed E-state index contributed by atoms with van der Waals surface area (Å²) in [6.45, 7) is 4.73. The Bertz CT molecular complexity index is 311. The second-order valence-corrected chi connectivity index (χ2v) is 4.46. The van der Waals surface area contributed by atoms with Crippen LogP contribution in [0.25, 0.3) is 0 Å². The van der Waals surface area contributed by atoms with Crippen molar-refractivity contribution in [3.05, 3.63) is 0 Å². The summed E-state index contributed by atoms with van der Waals surface area (Å²) in [5.74, 6) is -0.165. The monoisotopic (exact) mass is 238 g/mol. The number of urea groups is 1. The fraction of sp³-hybridized carbons (Fsp3) is 0.769. The van der Waals surface area contributed by atoms with Crippen molar-refractivity contribution >= 4 is 17.6 Å². The molecule has 0 saturated heterocycles. The Balaban J connectivity index is 2.41. The molecule has 0 spiro atoms. The first-order valence-electron chi connectivity index (χ1n) is 6.64. The van der Waals surface area contributed by atoms with E-state index in [9.17, 15) is 9.59 Å². The lowest BCUT2D eigenvalue weighted by Gasteiger charge is -2.12. The lowest BCUT2D eigenvalue weighted by Crippen LogP contribution is -2.33.